The second-order valence-electron chi connectivity index (χ2n) is 4.32. The first-order chi connectivity index (χ1) is 9.46. The van der Waals surface area contributed by atoms with Crippen LogP contribution in [0.2, 0.25) is 5.28 Å². The second-order valence-corrected chi connectivity index (χ2v) is 4.66. The molecule has 20 heavy (non-hydrogen) atoms. The number of rotatable bonds is 7. The van der Waals surface area contributed by atoms with Crippen LogP contribution < -0.4 is 15.0 Å². The van der Waals surface area contributed by atoms with Gasteiger partial charge in [0.2, 0.25) is 17.1 Å². The smallest absolute Gasteiger partial charge is 0.322 e. The lowest BCUT2D eigenvalue weighted by atomic mass is 10.4. The zero-order chi connectivity index (χ0) is 15.1. The lowest BCUT2D eigenvalue weighted by Crippen LogP contribution is -2.38. The molecule has 1 rings (SSSR count). The monoisotopic (exact) mass is 301 g/mol. The van der Waals surface area contributed by atoms with Gasteiger partial charge in [-0.2, -0.15) is 15.0 Å². The third-order valence-electron chi connectivity index (χ3n) is 2.29. The van der Waals surface area contributed by atoms with Crippen LogP contribution in [0.5, 0.6) is 6.01 Å². The van der Waals surface area contributed by atoms with Crippen molar-refractivity contribution in [3.05, 3.63) is 5.28 Å². The van der Waals surface area contributed by atoms with Crippen LogP contribution in [0.3, 0.4) is 0 Å². The minimum atomic E-state index is -0.0998. The Labute approximate surface area is 123 Å². The fourth-order valence-electron chi connectivity index (χ4n) is 1.48. The molecule has 1 aromatic heterocycles. The molecule has 8 heteroatoms. The minimum Gasteiger partial charge on any atom is -0.461 e. The molecule has 0 atom stereocenters. The van der Waals surface area contributed by atoms with Crippen LogP contribution in [-0.2, 0) is 4.79 Å². The van der Waals surface area contributed by atoms with Gasteiger partial charge < -0.3 is 15.0 Å². The van der Waals surface area contributed by atoms with E-state index in [9.17, 15) is 4.79 Å². The Morgan fingerprint density at radius 3 is 2.60 bits per heavy atom. The number of carbonyl (C=O) groups is 1. The Morgan fingerprint density at radius 2 is 2.05 bits per heavy atom. The van der Waals surface area contributed by atoms with Crippen LogP contribution in [0, 0.1) is 0 Å². The largest absolute Gasteiger partial charge is 0.461 e. The van der Waals surface area contributed by atoms with Gasteiger partial charge in [-0.15, -0.1) is 0 Å². The number of likely N-dealkylation sites (N-methyl/N-ethyl adjacent to an activating group) is 2. The molecule has 0 bridgehead atoms. The van der Waals surface area contributed by atoms with Crippen molar-refractivity contribution < 1.29 is 9.53 Å². The molecule has 0 aliphatic carbocycles. The van der Waals surface area contributed by atoms with Gasteiger partial charge in [0.25, 0.3) is 0 Å². The molecule has 7 nitrogen and oxygen atoms in total. The maximum absolute atomic E-state index is 11.6. The summed E-state index contributed by atoms with van der Waals surface area (Å²) in [7, 11) is 0. The Balaban J connectivity index is 2.91. The molecule has 1 aromatic rings. The van der Waals surface area contributed by atoms with Crippen molar-refractivity contribution in [3.8, 4) is 6.01 Å². The van der Waals surface area contributed by atoms with Crippen LogP contribution in [0.25, 0.3) is 0 Å². The Kier molecular flexibility index (Phi) is 6.44. The van der Waals surface area contributed by atoms with E-state index in [1.807, 2.05) is 27.7 Å². The maximum atomic E-state index is 11.6. The van der Waals surface area contributed by atoms with Crippen molar-refractivity contribution in [3.63, 3.8) is 0 Å². The van der Waals surface area contributed by atoms with Crippen molar-refractivity contribution in [2.45, 2.75) is 33.8 Å². The molecule has 0 unspecified atom stereocenters. The number of nitrogens with zero attached hydrogens (tertiary/aromatic N) is 4. The number of halogens is 1. The highest BCUT2D eigenvalue weighted by Crippen LogP contribution is 2.15. The Bertz CT molecular complexity index is 455. The molecular weight excluding hydrogens is 282 g/mol. The zero-order valence-corrected chi connectivity index (χ0v) is 12.9. The molecule has 0 aromatic carbocycles. The highest BCUT2D eigenvalue weighted by atomic mass is 35.5. The molecule has 0 aliphatic rings. The number of anilines is 1. The Hall–Kier alpha value is -1.63. The Morgan fingerprint density at radius 1 is 1.35 bits per heavy atom. The average Bonchev–Trinajstić information content (AvgIpc) is 2.34. The van der Waals surface area contributed by atoms with Crippen molar-refractivity contribution in [2.75, 3.05) is 24.5 Å². The third-order valence-corrected chi connectivity index (χ3v) is 2.46. The molecule has 1 amide bonds. The number of ether oxygens (including phenoxy) is 1. The molecular formula is C12H20ClN5O2. The van der Waals surface area contributed by atoms with Gasteiger partial charge in [0.05, 0.1) is 12.6 Å². The van der Waals surface area contributed by atoms with E-state index in [0.717, 1.165) is 0 Å². The van der Waals surface area contributed by atoms with Gasteiger partial charge in [-0.1, -0.05) is 0 Å². The summed E-state index contributed by atoms with van der Waals surface area (Å²) in [5.74, 6) is 0.228. The molecule has 0 aliphatic heterocycles. The number of hydrogen-bond acceptors (Lipinski definition) is 6. The van der Waals surface area contributed by atoms with E-state index in [1.165, 1.54) is 0 Å². The van der Waals surface area contributed by atoms with Crippen molar-refractivity contribution in [2.24, 2.45) is 0 Å². The summed E-state index contributed by atoms with van der Waals surface area (Å²) in [4.78, 5) is 25.5. The van der Waals surface area contributed by atoms with E-state index in [4.69, 9.17) is 16.3 Å². The number of aromatic nitrogens is 3. The van der Waals surface area contributed by atoms with Crippen molar-refractivity contribution in [1.82, 2.24) is 20.3 Å². The predicted molar refractivity (Wildman–Crippen MR) is 77.2 cm³/mol. The van der Waals surface area contributed by atoms with Crippen molar-refractivity contribution in [1.29, 1.82) is 0 Å². The normalized spacial score (nSPS) is 10.5. The van der Waals surface area contributed by atoms with Crippen LogP contribution in [0.15, 0.2) is 0 Å². The average molecular weight is 302 g/mol. The molecule has 1 heterocycles. The molecule has 0 saturated heterocycles. The molecule has 0 radical (unpaired) electrons. The molecule has 112 valence electrons. The fourth-order valence-corrected chi connectivity index (χ4v) is 1.63. The fraction of sp³-hybridized carbons (Fsp3) is 0.667. The van der Waals surface area contributed by atoms with E-state index in [1.54, 1.807) is 4.90 Å². The lowest BCUT2D eigenvalue weighted by molar-refractivity contribution is -0.119. The van der Waals surface area contributed by atoms with Gasteiger partial charge >= 0.3 is 6.01 Å². The van der Waals surface area contributed by atoms with E-state index in [0.29, 0.717) is 19.0 Å². The van der Waals surface area contributed by atoms with Gasteiger partial charge in [-0.25, -0.2) is 0 Å². The second kappa shape index (κ2) is 7.84. The zero-order valence-electron chi connectivity index (χ0n) is 12.2. The summed E-state index contributed by atoms with van der Waals surface area (Å²) in [6.07, 6.45) is -0.0696. The summed E-state index contributed by atoms with van der Waals surface area (Å²) >= 11 is 5.86. The number of hydrogen-bond donors (Lipinski definition) is 1. The van der Waals surface area contributed by atoms with Gasteiger partial charge in [0.15, 0.2) is 0 Å². The first-order valence-electron chi connectivity index (χ1n) is 6.56. The molecule has 0 fully saturated rings. The van der Waals surface area contributed by atoms with Crippen LogP contribution in [0.4, 0.5) is 5.95 Å². The lowest BCUT2D eigenvalue weighted by Gasteiger charge is -2.20. The molecule has 0 spiro atoms. The van der Waals surface area contributed by atoms with E-state index < -0.39 is 0 Å². The molecule has 1 N–H and O–H groups in total. The van der Waals surface area contributed by atoms with Crippen LogP contribution >= 0.6 is 11.6 Å². The number of carbonyl (C=O) groups excluding carboxylic acids is 1. The van der Waals surface area contributed by atoms with E-state index in [-0.39, 0.29) is 29.8 Å². The summed E-state index contributed by atoms with van der Waals surface area (Å²) < 4.78 is 5.41. The highest BCUT2D eigenvalue weighted by Gasteiger charge is 2.15. The molecule has 0 saturated carbocycles. The topological polar surface area (TPSA) is 80.2 Å². The van der Waals surface area contributed by atoms with Gasteiger partial charge in [-0.05, 0) is 39.3 Å². The maximum Gasteiger partial charge on any atom is 0.322 e. The minimum absolute atomic E-state index is 0.0417. The van der Waals surface area contributed by atoms with Gasteiger partial charge in [-0.3, -0.25) is 4.79 Å². The van der Waals surface area contributed by atoms with E-state index >= 15 is 0 Å². The quantitative estimate of drug-likeness (QED) is 0.817. The SMILES string of the molecule is CCNC(=O)CN(CC)c1nc(Cl)nc(OC(C)C)n1. The number of nitrogens with one attached hydrogen (secondary N) is 1. The van der Waals surface area contributed by atoms with E-state index in [2.05, 4.69) is 20.3 Å². The van der Waals surface area contributed by atoms with Crippen LogP contribution in [0.1, 0.15) is 27.7 Å². The summed E-state index contributed by atoms with van der Waals surface area (Å²) in [6.45, 7) is 8.80. The predicted octanol–water partition coefficient (Wildman–Crippen LogP) is 1.27. The highest BCUT2D eigenvalue weighted by molar-refractivity contribution is 6.28. The first kappa shape index (κ1) is 16.4. The third kappa shape index (κ3) is 5.16. The number of amides is 1. The first-order valence-corrected chi connectivity index (χ1v) is 6.93. The van der Waals surface area contributed by atoms with Gasteiger partial charge in [0, 0.05) is 13.1 Å². The van der Waals surface area contributed by atoms with Crippen molar-refractivity contribution >= 4 is 23.5 Å². The van der Waals surface area contributed by atoms with Gasteiger partial charge in [0.1, 0.15) is 0 Å². The standard InChI is InChI=1S/C12H20ClN5O2/c1-5-14-9(19)7-18(6-2)11-15-10(13)16-12(17-11)20-8(3)4/h8H,5-7H2,1-4H3,(H,14,19). The summed E-state index contributed by atoms with van der Waals surface area (Å²) in [6, 6.07) is 0.157. The summed E-state index contributed by atoms with van der Waals surface area (Å²) in [5, 5.41) is 2.77. The van der Waals surface area contributed by atoms with Crippen LogP contribution in [-0.4, -0.2) is 46.6 Å². The summed E-state index contributed by atoms with van der Waals surface area (Å²) in [5.41, 5.74) is 0.